The van der Waals surface area contributed by atoms with Crippen LogP contribution in [0.2, 0.25) is 0 Å². The van der Waals surface area contributed by atoms with Gasteiger partial charge in [-0.2, -0.15) is 5.10 Å². The van der Waals surface area contributed by atoms with E-state index < -0.39 is 0 Å². The maximum atomic E-state index is 11.4. The quantitative estimate of drug-likeness (QED) is 0.617. The molecule has 0 aliphatic heterocycles. The summed E-state index contributed by atoms with van der Waals surface area (Å²) in [5, 5.41) is 6.92. The topological polar surface area (TPSA) is 87.6 Å². The summed E-state index contributed by atoms with van der Waals surface area (Å²) in [5.74, 6) is 0. The van der Waals surface area contributed by atoms with Gasteiger partial charge in [0.2, 0.25) is 5.43 Å². The molecule has 0 bridgehead atoms. The lowest BCUT2D eigenvalue weighted by Crippen LogP contribution is -2.08. The number of nitrogens with zero attached hydrogens (tertiary/aromatic N) is 1. The molecule has 0 amide bonds. The van der Waals surface area contributed by atoms with Crippen molar-refractivity contribution >= 4 is 32.7 Å². The first kappa shape index (κ1) is 7.35. The molecule has 0 saturated heterocycles. The van der Waals surface area contributed by atoms with Gasteiger partial charge in [-0.1, -0.05) is 0 Å². The first-order chi connectivity index (χ1) is 5.70. The number of anilines is 1. The number of aromatic nitrogens is 3. The summed E-state index contributed by atoms with van der Waals surface area (Å²) in [6.07, 6.45) is 1.43. The van der Waals surface area contributed by atoms with Crippen molar-refractivity contribution in [1.82, 2.24) is 15.2 Å². The summed E-state index contributed by atoms with van der Waals surface area (Å²) >= 11 is 3.16. The van der Waals surface area contributed by atoms with E-state index in [1.807, 2.05) is 0 Å². The Morgan fingerprint density at radius 2 is 2.33 bits per heavy atom. The Morgan fingerprint density at radius 1 is 1.58 bits per heavy atom. The minimum atomic E-state index is -0.218. The van der Waals surface area contributed by atoms with E-state index in [0.717, 1.165) is 0 Å². The van der Waals surface area contributed by atoms with Gasteiger partial charge in [-0.05, 0) is 15.9 Å². The first-order valence-corrected chi connectivity index (χ1v) is 4.00. The normalized spacial score (nSPS) is 10.8. The number of hydrogen-bond donors (Lipinski definition) is 3. The Balaban J connectivity index is 3.06. The number of nitrogens with one attached hydrogen (secondary N) is 2. The highest BCUT2D eigenvalue weighted by molar-refractivity contribution is 9.10. The number of pyridine rings is 1. The van der Waals surface area contributed by atoms with Crippen LogP contribution in [0.25, 0.3) is 11.0 Å². The largest absolute Gasteiger partial charge is 0.394 e. The van der Waals surface area contributed by atoms with Crippen LogP contribution in [0.15, 0.2) is 15.6 Å². The van der Waals surface area contributed by atoms with Crippen molar-refractivity contribution in [1.29, 1.82) is 0 Å². The standard InChI is InChI=1S/C6H5BrN4O/c7-5-3-4(12)2(8)1-9-6(3)11-10-5/h1H,8H2,(H2,9,10,11,12). The lowest BCUT2D eigenvalue weighted by atomic mass is 10.3. The molecule has 62 valence electrons. The second kappa shape index (κ2) is 2.34. The van der Waals surface area contributed by atoms with Gasteiger partial charge in [-0.15, -0.1) is 0 Å². The van der Waals surface area contributed by atoms with Crippen LogP contribution in [0.3, 0.4) is 0 Å². The molecule has 12 heavy (non-hydrogen) atoms. The summed E-state index contributed by atoms with van der Waals surface area (Å²) in [5.41, 5.74) is 5.88. The van der Waals surface area contributed by atoms with Crippen molar-refractivity contribution in [3.8, 4) is 0 Å². The predicted octanol–water partition coefficient (Wildman–Crippen LogP) is 0.596. The zero-order chi connectivity index (χ0) is 8.72. The second-order valence-corrected chi connectivity index (χ2v) is 3.13. The number of aromatic amines is 2. The van der Waals surface area contributed by atoms with Crippen LogP contribution in [0.4, 0.5) is 5.69 Å². The van der Waals surface area contributed by atoms with E-state index in [1.165, 1.54) is 6.20 Å². The van der Waals surface area contributed by atoms with Gasteiger partial charge in [0.05, 0.1) is 5.69 Å². The van der Waals surface area contributed by atoms with Gasteiger partial charge < -0.3 is 10.7 Å². The summed E-state index contributed by atoms with van der Waals surface area (Å²) in [6.45, 7) is 0. The molecule has 0 aromatic carbocycles. The van der Waals surface area contributed by atoms with E-state index in [2.05, 4.69) is 31.1 Å². The number of nitrogen functional groups attached to an aromatic ring is 1. The Bertz CT molecular complexity index is 486. The summed E-state index contributed by atoms with van der Waals surface area (Å²) < 4.78 is 0.547. The van der Waals surface area contributed by atoms with Crippen molar-refractivity contribution in [2.45, 2.75) is 0 Å². The number of halogens is 1. The third-order valence-corrected chi connectivity index (χ3v) is 2.15. The highest BCUT2D eigenvalue weighted by Crippen LogP contribution is 2.15. The summed E-state index contributed by atoms with van der Waals surface area (Å²) in [7, 11) is 0. The molecule has 0 unspecified atom stereocenters. The minimum Gasteiger partial charge on any atom is -0.394 e. The van der Waals surface area contributed by atoms with E-state index in [4.69, 9.17) is 5.73 Å². The van der Waals surface area contributed by atoms with E-state index in [-0.39, 0.29) is 11.1 Å². The van der Waals surface area contributed by atoms with Crippen LogP contribution in [0.5, 0.6) is 0 Å². The van der Waals surface area contributed by atoms with Gasteiger partial charge in [-0.3, -0.25) is 9.89 Å². The van der Waals surface area contributed by atoms with Gasteiger partial charge in [0, 0.05) is 6.20 Å². The van der Waals surface area contributed by atoms with Gasteiger partial charge in [0.15, 0.2) is 5.65 Å². The molecule has 2 aromatic rings. The fourth-order valence-corrected chi connectivity index (χ4v) is 1.44. The molecule has 0 aliphatic rings. The summed E-state index contributed by atoms with van der Waals surface area (Å²) in [6, 6.07) is 0. The van der Waals surface area contributed by atoms with Crippen molar-refractivity contribution in [3.63, 3.8) is 0 Å². The second-order valence-electron chi connectivity index (χ2n) is 2.33. The Hall–Kier alpha value is -1.30. The Kier molecular flexibility index (Phi) is 1.44. The van der Waals surface area contributed by atoms with E-state index in [9.17, 15) is 4.79 Å². The fourth-order valence-electron chi connectivity index (χ4n) is 0.988. The zero-order valence-electron chi connectivity index (χ0n) is 5.89. The molecule has 2 rings (SSSR count). The van der Waals surface area contributed by atoms with Crippen LogP contribution in [0.1, 0.15) is 0 Å². The third kappa shape index (κ3) is 0.845. The molecule has 5 nitrogen and oxygen atoms in total. The van der Waals surface area contributed by atoms with Crippen molar-refractivity contribution in [2.75, 3.05) is 5.73 Å². The molecule has 0 aliphatic carbocycles. The predicted molar refractivity (Wildman–Crippen MR) is 48.8 cm³/mol. The highest BCUT2D eigenvalue weighted by atomic mass is 79.9. The summed E-state index contributed by atoms with van der Waals surface area (Å²) in [4.78, 5) is 14.2. The number of nitrogens with two attached hydrogens (primary N) is 1. The molecule has 0 radical (unpaired) electrons. The molecule has 0 fully saturated rings. The zero-order valence-corrected chi connectivity index (χ0v) is 7.47. The lowest BCUT2D eigenvalue weighted by Gasteiger charge is -1.90. The fraction of sp³-hybridized carbons (Fsp3) is 0. The molecular formula is C6H5BrN4O. The average Bonchev–Trinajstić information content (AvgIpc) is 2.41. The maximum Gasteiger partial charge on any atom is 0.216 e. The van der Waals surface area contributed by atoms with E-state index >= 15 is 0 Å². The third-order valence-electron chi connectivity index (χ3n) is 1.58. The van der Waals surface area contributed by atoms with Gasteiger partial charge in [-0.25, -0.2) is 0 Å². The molecule has 0 atom stereocenters. The molecular weight excluding hydrogens is 224 g/mol. The first-order valence-electron chi connectivity index (χ1n) is 3.21. The number of fused-ring (bicyclic) bond motifs is 1. The Labute approximate surface area is 75.1 Å². The average molecular weight is 229 g/mol. The lowest BCUT2D eigenvalue weighted by molar-refractivity contribution is 1.08. The highest BCUT2D eigenvalue weighted by Gasteiger charge is 2.08. The van der Waals surface area contributed by atoms with Gasteiger partial charge >= 0.3 is 0 Å². The van der Waals surface area contributed by atoms with E-state index in [1.54, 1.807) is 0 Å². The van der Waals surface area contributed by atoms with Gasteiger partial charge in [0.25, 0.3) is 0 Å². The number of hydrogen-bond acceptors (Lipinski definition) is 3. The Morgan fingerprint density at radius 3 is 3.08 bits per heavy atom. The molecule has 6 heteroatoms. The molecule has 2 heterocycles. The van der Waals surface area contributed by atoms with Gasteiger partial charge in [0.1, 0.15) is 9.99 Å². The number of H-pyrrole nitrogens is 2. The van der Waals surface area contributed by atoms with E-state index in [0.29, 0.717) is 15.6 Å². The van der Waals surface area contributed by atoms with Crippen LogP contribution in [-0.2, 0) is 0 Å². The van der Waals surface area contributed by atoms with Crippen molar-refractivity contribution in [3.05, 3.63) is 21.0 Å². The number of rotatable bonds is 0. The van der Waals surface area contributed by atoms with Crippen molar-refractivity contribution < 1.29 is 0 Å². The smallest absolute Gasteiger partial charge is 0.216 e. The maximum absolute atomic E-state index is 11.4. The SMILES string of the molecule is Nc1c[nH]c2n[nH]c(Br)c2c1=O. The molecule has 0 spiro atoms. The molecule has 0 saturated carbocycles. The van der Waals surface area contributed by atoms with Crippen LogP contribution < -0.4 is 11.2 Å². The molecule has 2 aromatic heterocycles. The van der Waals surface area contributed by atoms with Crippen molar-refractivity contribution in [2.24, 2.45) is 0 Å². The monoisotopic (exact) mass is 228 g/mol. The molecule has 4 N–H and O–H groups in total. The van der Waals surface area contributed by atoms with Crippen LogP contribution in [0, 0.1) is 0 Å². The van der Waals surface area contributed by atoms with Crippen LogP contribution in [-0.4, -0.2) is 15.2 Å². The van der Waals surface area contributed by atoms with Crippen LogP contribution >= 0.6 is 15.9 Å². The minimum absolute atomic E-state index is 0.185.